The van der Waals surface area contributed by atoms with Gasteiger partial charge in [-0.25, -0.2) is 0 Å². The second-order valence-electron chi connectivity index (χ2n) is 6.16. The van der Waals surface area contributed by atoms with E-state index in [9.17, 15) is 4.79 Å². The van der Waals surface area contributed by atoms with E-state index in [2.05, 4.69) is 33.9 Å². The molecule has 1 fully saturated rings. The lowest BCUT2D eigenvalue weighted by Gasteiger charge is -2.31. The van der Waals surface area contributed by atoms with Gasteiger partial charge in [-0.05, 0) is 49.6 Å². The molecule has 0 saturated carbocycles. The molecule has 1 aliphatic heterocycles. The first-order chi connectivity index (χ1) is 11.3. The van der Waals surface area contributed by atoms with Crippen LogP contribution in [0, 0.1) is 5.92 Å². The maximum absolute atomic E-state index is 12.6. The number of likely N-dealkylation sites (tertiary alicyclic amines) is 1. The molecule has 120 valence electrons. The quantitative estimate of drug-likeness (QED) is 0.796. The predicted molar refractivity (Wildman–Crippen MR) is 90.2 cm³/mol. The number of rotatable bonds is 5. The van der Waals surface area contributed by atoms with Gasteiger partial charge in [0, 0.05) is 31.4 Å². The second kappa shape index (κ2) is 7.47. The van der Waals surface area contributed by atoms with Gasteiger partial charge in [0.2, 0.25) is 0 Å². The highest BCUT2D eigenvalue weighted by Gasteiger charge is 2.27. The van der Waals surface area contributed by atoms with Gasteiger partial charge in [0.05, 0.1) is 5.69 Å². The van der Waals surface area contributed by atoms with Crippen LogP contribution in [0.15, 0.2) is 42.7 Å². The van der Waals surface area contributed by atoms with Crippen LogP contribution in [0.2, 0.25) is 0 Å². The molecule has 3 rings (SSSR count). The number of hydrogen-bond acceptors (Lipinski definition) is 4. The molecule has 0 spiro atoms. The van der Waals surface area contributed by atoms with E-state index in [1.165, 1.54) is 5.56 Å². The Morgan fingerprint density at radius 3 is 2.87 bits per heavy atom. The van der Waals surface area contributed by atoms with Crippen LogP contribution < -0.4 is 0 Å². The lowest BCUT2D eigenvalue weighted by atomic mass is 9.92. The third-order valence-electron chi connectivity index (χ3n) is 4.47. The number of piperidine rings is 1. The van der Waals surface area contributed by atoms with Crippen molar-refractivity contribution in [1.82, 2.24) is 14.9 Å². The van der Waals surface area contributed by atoms with Gasteiger partial charge in [-0.15, -0.1) is 0 Å². The number of pyridine rings is 2. The van der Waals surface area contributed by atoms with E-state index in [-0.39, 0.29) is 11.7 Å². The highest BCUT2D eigenvalue weighted by Crippen LogP contribution is 2.21. The number of carbonyl (C=O) groups excluding carboxylic acids is 1. The third kappa shape index (κ3) is 4.02. The fraction of sp³-hybridized carbons (Fsp3) is 0.421. The first kappa shape index (κ1) is 15.8. The first-order valence-corrected chi connectivity index (χ1v) is 8.37. The van der Waals surface area contributed by atoms with Crippen molar-refractivity contribution in [2.24, 2.45) is 5.92 Å². The van der Waals surface area contributed by atoms with Crippen molar-refractivity contribution in [2.75, 3.05) is 13.1 Å². The Balaban J connectivity index is 1.62. The summed E-state index contributed by atoms with van der Waals surface area (Å²) in [4.78, 5) is 23.6. The van der Waals surface area contributed by atoms with Crippen LogP contribution in [0.25, 0.3) is 0 Å². The molecule has 0 bridgehead atoms. The van der Waals surface area contributed by atoms with Crippen molar-refractivity contribution < 1.29 is 4.79 Å². The monoisotopic (exact) mass is 309 g/mol. The second-order valence-corrected chi connectivity index (χ2v) is 6.16. The maximum Gasteiger partial charge on any atom is 0.185 e. The van der Waals surface area contributed by atoms with Crippen molar-refractivity contribution in [1.29, 1.82) is 0 Å². The van der Waals surface area contributed by atoms with E-state index in [1.807, 2.05) is 24.4 Å². The molecule has 1 aliphatic rings. The Bertz CT molecular complexity index is 639. The molecule has 4 nitrogen and oxygen atoms in total. The number of Topliss-reactive ketones (excluding diaryl/α,β-unsaturated/α-hetero) is 1. The van der Waals surface area contributed by atoms with Gasteiger partial charge in [0.15, 0.2) is 5.78 Å². The molecule has 1 atom stereocenters. The molecule has 0 unspecified atom stereocenters. The molecule has 3 heterocycles. The number of hydrogen-bond donors (Lipinski definition) is 0. The SMILES string of the molecule is CCc1ccc(CN2CCC[C@H](C(=O)c3ccccn3)C2)nc1. The molecule has 0 radical (unpaired) electrons. The Morgan fingerprint density at radius 1 is 1.26 bits per heavy atom. The summed E-state index contributed by atoms with van der Waals surface area (Å²) in [6.45, 7) is 4.78. The van der Waals surface area contributed by atoms with E-state index in [0.29, 0.717) is 5.69 Å². The summed E-state index contributed by atoms with van der Waals surface area (Å²) < 4.78 is 0. The van der Waals surface area contributed by atoms with Crippen LogP contribution in [0.1, 0.15) is 41.5 Å². The number of carbonyl (C=O) groups is 1. The van der Waals surface area contributed by atoms with Crippen LogP contribution in [0.5, 0.6) is 0 Å². The standard InChI is InChI=1S/C19H23N3O/c1-2-15-8-9-17(21-12-15)14-22-11-5-6-16(13-22)19(23)18-7-3-4-10-20-18/h3-4,7-10,12,16H,2,5-6,11,13-14H2,1H3/t16-/m0/s1. The summed E-state index contributed by atoms with van der Waals surface area (Å²) in [5.41, 5.74) is 2.92. The fourth-order valence-electron chi connectivity index (χ4n) is 3.12. The third-order valence-corrected chi connectivity index (χ3v) is 4.47. The molecule has 4 heteroatoms. The zero-order chi connectivity index (χ0) is 16.1. The zero-order valence-corrected chi connectivity index (χ0v) is 13.6. The Hall–Kier alpha value is -2.07. The predicted octanol–water partition coefficient (Wildman–Crippen LogP) is 3.13. The van der Waals surface area contributed by atoms with Crippen LogP contribution >= 0.6 is 0 Å². The number of aryl methyl sites for hydroxylation is 1. The molecule has 0 aromatic carbocycles. The summed E-state index contributed by atoms with van der Waals surface area (Å²) >= 11 is 0. The smallest absolute Gasteiger partial charge is 0.185 e. The molecule has 2 aromatic heterocycles. The highest BCUT2D eigenvalue weighted by molar-refractivity contribution is 5.96. The molecule has 1 saturated heterocycles. The summed E-state index contributed by atoms with van der Waals surface area (Å²) in [6.07, 6.45) is 6.66. The van der Waals surface area contributed by atoms with Crippen LogP contribution in [-0.2, 0) is 13.0 Å². The Morgan fingerprint density at radius 2 is 2.17 bits per heavy atom. The molecular formula is C19H23N3O. The lowest BCUT2D eigenvalue weighted by Crippen LogP contribution is -2.38. The van der Waals surface area contributed by atoms with Crippen molar-refractivity contribution in [3.8, 4) is 0 Å². The van der Waals surface area contributed by atoms with Gasteiger partial charge in [0.25, 0.3) is 0 Å². The summed E-state index contributed by atoms with van der Waals surface area (Å²) in [6, 6.07) is 9.77. The van der Waals surface area contributed by atoms with E-state index >= 15 is 0 Å². The van der Waals surface area contributed by atoms with Gasteiger partial charge in [-0.1, -0.05) is 19.1 Å². The van der Waals surface area contributed by atoms with E-state index < -0.39 is 0 Å². The molecule has 2 aromatic rings. The largest absolute Gasteiger partial charge is 0.297 e. The average molecular weight is 309 g/mol. The highest BCUT2D eigenvalue weighted by atomic mass is 16.1. The normalized spacial score (nSPS) is 18.7. The van der Waals surface area contributed by atoms with Crippen LogP contribution in [0.4, 0.5) is 0 Å². The molecule has 0 amide bonds. The number of nitrogens with zero attached hydrogens (tertiary/aromatic N) is 3. The van der Waals surface area contributed by atoms with Crippen LogP contribution in [0.3, 0.4) is 0 Å². The minimum absolute atomic E-state index is 0.0496. The Kier molecular flexibility index (Phi) is 5.13. The zero-order valence-electron chi connectivity index (χ0n) is 13.6. The molecule has 23 heavy (non-hydrogen) atoms. The number of aromatic nitrogens is 2. The van der Waals surface area contributed by atoms with Crippen LogP contribution in [-0.4, -0.2) is 33.7 Å². The van der Waals surface area contributed by atoms with Crippen molar-refractivity contribution in [3.63, 3.8) is 0 Å². The average Bonchev–Trinajstić information content (AvgIpc) is 2.63. The fourth-order valence-corrected chi connectivity index (χ4v) is 3.12. The van der Waals surface area contributed by atoms with Gasteiger partial charge in [0.1, 0.15) is 5.69 Å². The van der Waals surface area contributed by atoms with Gasteiger partial charge in [-0.2, -0.15) is 0 Å². The minimum Gasteiger partial charge on any atom is -0.297 e. The summed E-state index contributed by atoms with van der Waals surface area (Å²) in [5, 5.41) is 0. The van der Waals surface area contributed by atoms with E-state index in [1.54, 1.807) is 6.20 Å². The van der Waals surface area contributed by atoms with Crippen molar-refractivity contribution in [2.45, 2.75) is 32.7 Å². The van der Waals surface area contributed by atoms with Gasteiger partial charge in [-0.3, -0.25) is 19.7 Å². The molecular weight excluding hydrogens is 286 g/mol. The topological polar surface area (TPSA) is 46.1 Å². The lowest BCUT2D eigenvalue weighted by molar-refractivity contribution is 0.0805. The van der Waals surface area contributed by atoms with Crippen molar-refractivity contribution >= 4 is 5.78 Å². The van der Waals surface area contributed by atoms with E-state index in [4.69, 9.17) is 0 Å². The molecule has 0 N–H and O–H groups in total. The van der Waals surface area contributed by atoms with Crippen molar-refractivity contribution in [3.05, 3.63) is 59.7 Å². The maximum atomic E-state index is 12.6. The summed E-state index contributed by atoms with van der Waals surface area (Å²) in [5.74, 6) is 0.221. The minimum atomic E-state index is 0.0496. The van der Waals surface area contributed by atoms with E-state index in [0.717, 1.165) is 44.6 Å². The Labute approximate surface area is 137 Å². The summed E-state index contributed by atoms with van der Waals surface area (Å²) in [7, 11) is 0. The van der Waals surface area contributed by atoms with Gasteiger partial charge < -0.3 is 0 Å². The molecule has 0 aliphatic carbocycles. The number of ketones is 1. The van der Waals surface area contributed by atoms with Gasteiger partial charge >= 0.3 is 0 Å². The first-order valence-electron chi connectivity index (χ1n) is 8.37.